The summed E-state index contributed by atoms with van der Waals surface area (Å²) in [7, 11) is 1.68. The predicted molar refractivity (Wildman–Crippen MR) is 69.1 cm³/mol. The molecule has 0 radical (unpaired) electrons. The molecule has 1 saturated heterocycles. The summed E-state index contributed by atoms with van der Waals surface area (Å²) in [5.74, 6) is -0.167. The van der Waals surface area contributed by atoms with Gasteiger partial charge in [-0.05, 0) is 18.8 Å². The third kappa shape index (κ3) is 3.78. The van der Waals surface area contributed by atoms with Crippen LogP contribution in [0.2, 0.25) is 0 Å². The number of carbonyl (C=O) groups excluding carboxylic acids is 2. The van der Waals surface area contributed by atoms with Crippen molar-refractivity contribution in [2.75, 3.05) is 26.8 Å². The number of nitrogens with zero attached hydrogens (tertiary/aromatic N) is 1. The van der Waals surface area contributed by atoms with E-state index in [1.807, 2.05) is 6.92 Å². The topological polar surface area (TPSA) is 58.6 Å². The molecule has 1 N–H and O–H groups in total. The van der Waals surface area contributed by atoms with Gasteiger partial charge in [-0.1, -0.05) is 13.8 Å². The van der Waals surface area contributed by atoms with Crippen LogP contribution in [0.4, 0.5) is 0 Å². The van der Waals surface area contributed by atoms with Gasteiger partial charge in [0.1, 0.15) is 0 Å². The Balaban J connectivity index is 2.45. The van der Waals surface area contributed by atoms with E-state index in [4.69, 9.17) is 4.74 Å². The van der Waals surface area contributed by atoms with E-state index in [2.05, 4.69) is 19.2 Å². The van der Waals surface area contributed by atoms with Crippen molar-refractivity contribution in [1.82, 2.24) is 10.2 Å². The zero-order chi connectivity index (χ0) is 13.8. The lowest BCUT2D eigenvalue weighted by Crippen LogP contribution is -2.42. The van der Waals surface area contributed by atoms with E-state index in [0.29, 0.717) is 19.7 Å². The van der Waals surface area contributed by atoms with E-state index >= 15 is 0 Å². The van der Waals surface area contributed by atoms with Gasteiger partial charge < -0.3 is 10.1 Å². The number of hydrogen-bond acceptors (Lipinski definition) is 4. The molecule has 1 unspecified atom stereocenters. The van der Waals surface area contributed by atoms with Gasteiger partial charge in [0.05, 0.1) is 12.5 Å². The highest BCUT2D eigenvalue weighted by atomic mass is 16.5. The zero-order valence-electron chi connectivity index (χ0n) is 11.8. The first kappa shape index (κ1) is 15.1. The molecule has 0 aromatic heterocycles. The minimum absolute atomic E-state index is 0.0545. The fourth-order valence-corrected chi connectivity index (χ4v) is 2.04. The molecule has 1 aliphatic heterocycles. The van der Waals surface area contributed by atoms with E-state index in [1.54, 1.807) is 7.11 Å². The molecular formula is C13H24N2O3. The van der Waals surface area contributed by atoms with Gasteiger partial charge in [0.2, 0.25) is 11.8 Å². The first-order valence-corrected chi connectivity index (χ1v) is 6.48. The Morgan fingerprint density at radius 3 is 2.61 bits per heavy atom. The van der Waals surface area contributed by atoms with Crippen LogP contribution in [0.3, 0.4) is 0 Å². The van der Waals surface area contributed by atoms with Crippen LogP contribution in [0.15, 0.2) is 0 Å². The fraction of sp³-hybridized carbons (Fsp3) is 0.846. The fourth-order valence-electron chi connectivity index (χ4n) is 2.04. The highest BCUT2D eigenvalue weighted by molar-refractivity contribution is 6.05. The summed E-state index contributed by atoms with van der Waals surface area (Å²) in [6.45, 7) is 7.93. The molecule has 18 heavy (non-hydrogen) atoms. The molecule has 0 saturated carbocycles. The van der Waals surface area contributed by atoms with Crippen LogP contribution < -0.4 is 5.32 Å². The van der Waals surface area contributed by atoms with Gasteiger partial charge >= 0.3 is 0 Å². The SMILES string of the molecule is CCN1C(=O)CC(NCC(C)(C)CCOC)C1=O. The third-order valence-electron chi connectivity index (χ3n) is 3.37. The standard InChI is InChI=1S/C13H24N2O3/c1-5-15-11(16)8-10(12(15)17)14-9-13(2,3)6-7-18-4/h10,14H,5-9H2,1-4H3. The van der Waals surface area contributed by atoms with Crippen molar-refractivity contribution < 1.29 is 14.3 Å². The Morgan fingerprint density at radius 1 is 1.44 bits per heavy atom. The number of carbonyl (C=O) groups is 2. The number of amides is 2. The number of nitrogens with one attached hydrogen (secondary N) is 1. The molecule has 1 rings (SSSR count). The number of methoxy groups -OCH3 is 1. The van der Waals surface area contributed by atoms with Crippen molar-refractivity contribution in [2.24, 2.45) is 5.41 Å². The van der Waals surface area contributed by atoms with Crippen LogP contribution in [0, 0.1) is 5.41 Å². The summed E-state index contributed by atoms with van der Waals surface area (Å²) >= 11 is 0. The number of rotatable bonds is 7. The Morgan fingerprint density at radius 2 is 2.11 bits per heavy atom. The molecule has 2 amide bonds. The number of likely N-dealkylation sites (tertiary alicyclic amines) is 1. The summed E-state index contributed by atoms with van der Waals surface area (Å²) < 4.78 is 5.07. The molecule has 1 atom stereocenters. The predicted octanol–water partition coefficient (Wildman–Crippen LogP) is 0.786. The highest BCUT2D eigenvalue weighted by Gasteiger charge is 2.37. The van der Waals surface area contributed by atoms with Crippen molar-refractivity contribution in [3.8, 4) is 0 Å². The lowest BCUT2D eigenvalue weighted by atomic mass is 9.89. The van der Waals surface area contributed by atoms with Crippen LogP contribution in [0.25, 0.3) is 0 Å². The van der Waals surface area contributed by atoms with Gasteiger partial charge in [0.15, 0.2) is 0 Å². The number of likely N-dealkylation sites (N-methyl/N-ethyl adjacent to an activating group) is 1. The lowest BCUT2D eigenvalue weighted by molar-refractivity contribution is -0.138. The maximum Gasteiger partial charge on any atom is 0.246 e. The average molecular weight is 256 g/mol. The maximum atomic E-state index is 11.9. The number of ether oxygens (including phenoxy) is 1. The first-order valence-electron chi connectivity index (χ1n) is 6.48. The Bertz CT molecular complexity index is 315. The maximum absolute atomic E-state index is 11.9. The van der Waals surface area contributed by atoms with Crippen LogP contribution in [0.5, 0.6) is 0 Å². The first-order chi connectivity index (χ1) is 8.41. The van der Waals surface area contributed by atoms with Gasteiger partial charge in [0, 0.05) is 26.8 Å². The third-order valence-corrected chi connectivity index (χ3v) is 3.37. The van der Waals surface area contributed by atoms with Crippen molar-refractivity contribution in [1.29, 1.82) is 0 Å². The van der Waals surface area contributed by atoms with Gasteiger partial charge in [-0.15, -0.1) is 0 Å². The Hall–Kier alpha value is -0.940. The van der Waals surface area contributed by atoms with Gasteiger partial charge in [-0.25, -0.2) is 0 Å². The van der Waals surface area contributed by atoms with Crippen LogP contribution in [0.1, 0.15) is 33.6 Å². The normalized spacial score (nSPS) is 20.9. The van der Waals surface area contributed by atoms with E-state index in [9.17, 15) is 9.59 Å². The van der Waals surface area contributed by atoms with Crippen molar-refractivity contribution in [2.45, 2.75) is 39.7 Å². The molecule has 0 bridgehead atoms. The molecule has 1 aliphatic rings. The van der Waals surface area contributed by atoms with E-state index < -0.39 is 0 Å². The summed E-state index contributed by atoms with van der Waals surface area (Å²) in [6.07, 6.45) is 1.20. The van der Waals surface area contributed by atoms with E-state index in [-0.39, 0.29) is 29.7 Å². The molecule has 0 aliphatic carbocycles. The summed E-state index contributed by atoms with van der Waals surface area (Å²) in [5, 5.41) is 3.21. The largest absolute Gasteiger partial charge is 0.385 e. The molecule has 1 heterocycles. The zero-order valence-corrected chi connectivity index (χ0v) is 11.8. The van der Waals surface area contributed by atoms with Crippen LogP contribution in [-0.4, -0.2) is 49.6 Å². The monoisotopic (exact) mass is 256 g/mol. The number of hydrogen-bond donors (Lipinski definition) is 1. The molecule has 5 nitrogen and oxygen atoms in total. The average Bonchev–Trinajstić information content (AvgIpc) is 2.59. The van der Waals surface area contributed by atoms with Crippen molar-refractivity contribution in [3.63, 3.8) is 0 Å². The second-order valence-corrected chi connectivity index (χ2v) is 5.52. The Labute approximate surface area is 109 Å². The molecular weight excluding hydrogens is 232 g/mol. The molecule has 0 spiro atoms. The van der Waals surface area contributed by atoms with E-state index in [1.165, 1.54) is 4.90 Å². The quantitative estimate of drug-likeness (QED) is 0.684. The summed E-state index contributed by atoms with van der Waals surface area (Å²) in [4.78, 5) is 24.8. The van der Waals surface area contributed by atoms with Gasteiger partial charge in [-0.3, -0.25) is 14.5 Å². The molecule has 104 valence electrons. The Kier molecular flexibility index (Phi) is 5.28. The van der Waals surface area contributed by atoms with Crippen LogP contribution >= 0.6 is 0 Å². The van der Waals surface area contributed by atoms with E-state index in [0.717, 1.165) is 6.42 Å². The summed E-state index contributed by atoms with van der Waals surface area (Å²) in [6, 6.07) is -0.348. The second kappa shape index (κ2) is 6.29. The minimum atomic E-state index is -0.348. The molecule has 1 fully saturated rings. The van der Waals surface area contributed by atoms with Crippen LogP contribution in [-0.2, 0) is 14.3 Å². The highest BCUT2D eigenvalue weighted by Crippen LogP contribution is 2.20. The smallest absolute Gasteiger partial charge is 0.246 e. The lowest BCUT2D eigenvalue weighted by Gasteiger charge is -2.26. The van der Waals surface area contributed by atoms with Gasteiger partial charge in [0.25, 0.3) is 0 Å². The van der Waals surface area contributed by atoms with Crippen molar-refractivity contribution >= 4 is 11.8 Å². The molecule has 5 heteroatoms. The number of imide groups is 1. The minimum Gasteiger partial charge on any atom is -0.385 e. The second-order valence-electron chi connectivity index (χ2n) is 5.52. The molecule has 0 aromatic carbocycles. The van der Waals surface area contributed by atoms with Crippen molar-refractivity contribution in [3.05, 3.63) is 0 Å². The molecule has 0 aromatic rings. The summed E-state index contributed by atoms with van der Waals surface area (Å²) in [5.41, 5.74) is 0.0545. The van der Waals surface area contributed by atoms with Gasteiger partial charge in [-0.2, -0.15) is 0 Å².